The summed E-state index contributed by atoms with van der Waals surface area (Å²) in [4.78, 5) is 84.4. The molecular formula is C46H61N5O8. The molecule has 13 heteroatoms. The lowest BCUT2D eigenvalue weighted by atomic mass is 9.87. The Morgan fingerprint density at radius 3 is 2.10 bits per heavy atom. The van der Waals surface area contributed by atoms with Crippen LogP contribution in [0.5, 0.6) is 11.5 Å². The van der Waals surface area contributed by atoms with Gasteiger partial charge in [0.1, 0.15) is 36.5 Å². The number of amides is 2. The monoisotopic (exact) mass is 811 g/mol. The summed E-state index contributed by atoms with van der Waals surface area (Å²) in [7, 11) is 1.52. The quantitative estimate of drug-likeness (QED) is 0.130. The van der Waals surface area contributed by atoms with E-state index in [2.05, 4.69) is 5.32 Å². The molecule has 0 saturated carbocycles. The predicted octanol–water partition coefficient (Wildman–Crippen LogP) is 4.59. The third kappa shape index (κ3) is 11.9. The Balaban J connectivity index is 1.88. The maximum Gasteiger partial charge on any atom is 0.226 e. The molecule has 0 spiro atoms. The van der Waals surface area contributed by atoms with E-state index in [0.717, 1.165) is 11.1 Å². The maximum absolute atomic E-state index is 14.6. The summed E-state index contributed by atoms with van der Waals surface area (Å²) in [6.07, 6.45) is 0.111. The molecule has 1 aliphatic rings. The van der Waals surface area contributed by atoms with Crippen molar-refractivity contribution < 1.29 is 38.2 Å². The Morgan fingerprint density at radius 2 is 1.49 bits per heavy atom. The van der Waals surface area contributed by atoms with Gasteiger partial charge in [-0.3, -0.25) is 28.8 Å². The van der Waals surface area contributed by atoms with Gasteiger partial charge in [0.15, 0.2) is 17.3 Å². The van der Waals surface area contributed by atoms with Crippen molar-refractivity contribution in [2.45, 2.75) is 85.2 Å². The smallest absolute Gasteiger partial charge is 0.226 e. The fraction of sp³-hybridized carbons (Fsp3) is 0.478. The standard InChI is InChI=1S/C46H61N5O8/c1-7-38(52)29(4)21-40(54)37-24-31-9-12-42(58-18-16-48)35(23-31)36-25-32(10-13-43(36)59-19-17-49)44(41(55)22-30(5)45(56)50-37)51(6)46(57)33(14-15-47)26-39(53)34-11-8-27(2)20-28(34)3/h8-13,20,23,25,29-30,33,37,44H,7,14-19,21-22,24,26,47-49H2,1-6H3,(H,50,56)/t29-,30-,33-,37+,44+/m1/s1. The zero-order valence-electron chi connectivity index (χ0n) is 35.3. The minimum atomic E-state index is -1.20. The summed E-state index contributed by atoms with van der Waals surface area (Å²) in [6.45, 7) is 9.77. The molecule has 0 unspecified atom stereocenters. The molecule has 1 aliphatic heterocycles. The first-order valence-electron chi connectivity index (χ1n) is 20.5. The van der Waals surface area contributed by atoms with Crippen LogP contribution in [0.15, 0.2) is 54.6 Å². The van der Waals surface area contributed by atoms with Gasteiger partial charge in [0, 0.05) is 80.3 Å². The summed E-state index contributed by atoms with van der Waals surface area (Å²) in [5.74, 6) is -3.41. The van der Waals surface area contributed by atoms with E-state index in [0.29, 0.717) is 39.3 Å². The number of carbonyl (C=O) groups is 6. The molecule has 4 rings (SSSR count). The zero-order valence-corrected chi connectivity index (χ0v) is 35.3. The number of nitrogens with one attached hydrogen (secondary N) is 1. The summed E-state index contributed by atoms with van der Waals surface area (Å²) in [5, 5.41) is 2.88. The highest BCUT2D eigenvalue weighted by atomic mass is 16.5. The molecule has 0 aliphatic carbocycles. The summed E-state index contributed by atoms with van der Waals surface area (Å²) in [5.41, 5.74) is 22.2. The summed E-state index contributed by atoms with van der Waals surface area (Å²) < 4.78 is 12.3. The van der Waals surface area contributed by atoms with Crippen LogP contribution in [-0.4, -0.2) is 85.8 Å². The highest BCUT2D eigenvalue weighted by Crippen LogP contribution is 2.41. The number of hydrogen-bond acceptors (Lipinski definition) is 11. The van der Waals surface area contributed by atoms with Crippen molar-refractivity contribution >= 4 is 34.9 Å². The molecule has 13 nitrogen and oxygen atoms in total. The van der Waals surface area contributed by atoms with Gasteiger partial charge in [-0.05, 0) is 74.2 Å². The third-order valence-electron chi connectivity index (χ3n) is 10.9. The van der Waals surface area contributed by atoms with Crippen molar-refractivity contribution in [3.63, 3.8) is 0 Å². The van der Waals surface area contributed by atoms with E-state index in [9.17, 15) is 28.8 Å². The largest absolute Gasteiger partial charge is 0.492 e. The first kappa shape index (κ1) is 46.4. The Morgan fingerprint density at radius 1 is 0.847 bits per heavy atom. The van der Waals surface area contributed by atoms with Gasteiger partial charge in [0.2, 0.25) is 11.8 Å². The third-order valence-corrected chi connectivity index (χ3v) is 10.9. The second-order valence-electron chi connectivity index (χ2n) is 15.7. The van der Waals surface area contributed by atoms with E-state index >= 15 is 0 Å². The molecule has 59 heavy (non-hydrogen) atoms. The number of nitrogens with two attached hydrogens (primary N) is 3. The molecule has 0 aromatic heterocycles. The van der Waals surface area contributed by atoms with Crippen LogP contribution in [-0.2, 0) is 30.4 Å². The van der Waals surface area contributed by atoms with Crippen LogP contribution in [0.2, 0.25) is 0 Å². The molecule has 318 valence electrons. The number of rotatable bonds is 18. The fourth-order valence-electron chi connectivity index (χ4n) is 7.65. The van der Waals surface area contributed by atoms with Crippen molar-refractivity contribution in [2.75, 3.05) is 39.9 Å². The lowest BCUT2D eigenvalue weighted by molar-refractivity contribution is -0.142. The number of nitrogens with zero attached hydrogens (tertiary/aromatic N) is 1. The fourth-order valence-corrected chi connectivity index (χ4v) is 7.65. The van der Waals surface area contributed by atoms with E-state index in [4.69, 9.17) is 26.7 Å². The number of hydrogen-bond donors (Lipinski definition) is 4. The van der Waals surface area contributed by atoms with Gasteiger partial charge in [-0.25, -0.2) is 0 Å². The Kier molecular flexibility index (Phi) is 17.1. The number of likely N-dealkylation sites (N-methyl/N-ethyl adjacent to an activating group) is 1. The highest BCUT2D eigenvalue weighted by Gasteiger charge is 2.36. The van der Waals surface area contributed by atoms with E-state index in [1.807, 2.05) is 32.0 Å². The lowest BCUT2D eigenvalue weighted by Gasteiger charge is -2.32. The van der Waals surface area contributed by atoms with E-state index in [1.54, 1.807) is 57.2 Å². The number of Topliss-reactive ketones (excluding diaryl/α,β-unsaturated/α-hetero) is 4. The Bertz CT molecular complexity index is 2010. The van der Waals surface area contributed by atoms with E-state index in [1.165, 1.54) is 11.9 Å². The number of ketones is 4. The SMILES string of the molecule is CCC(=O)[C@H](C)CC(=O)[C@@H]1Cc2ccc(OCCN)c(c2)-c2cc(ccc2OCCN)[C@H](N(C)C(=O)[C@H](CCN)CC(=O)c2ccc(C)cc2C)C(=O)C[C@@H](C)C(=O)N1. The Hall–Kier alpha value is -5.24. The minimum absolute atomic E-state index is 0.0637. The maximum atomic E-state index is 14.6. The molecule has 0 saturated heterocycles. The predicted molar refractivity (Wildman–Crippen MR) is 227 cm³/mol. The van der Waals surface area contributed by atoms with Gasteiger partial charge in [-0.15, -0.1) is 0 Å². The number of benzene rings is 3. The summed E-state index contributed by atoms with van der Waals surface area (Å²) >= 11 is 0. The molecule has 3 aromatic rings. The molecule has 7 N–H and O–H groups in total. The number of carbonyl (C=O) groups excluding carboxylic acids is 6. The van der Waals surface area contributed by atoms with Crippen LogP contribution in [0, 0.1) is 31.6 Å². The highest BCUT2D eigenvalue weighted by molar-refractivity contribution is 6.01. The molecule has 3 aromatic carbocycles. The first-order valence-corrected chi connectivity index (χ1v) is 20.5. The normalized spacial score (nSPS) is 17.9. The van der Waals surface area contributed by atoms with Crippen molar-refractivity contribution in [1.82, 2.24) is 10.2 Å². The van der Waals surface area contributed by atoms with Crippen LogP contribution in [0.1, 0.15) is 91.5 Å². The lowest BCUT2D eigenvalue weighted by Crippen LogP contribution is -2.46. The van der Waals surface area contributed by atoms with Gasteiger partial charge >= 0.3 is 0 Å². The van der Waals surface area contributed by atoms with E-state index < -0.39 is 47.4 Å². The van der Waals surface area contributed by atoms with Crippen LogP contribution >= 0.6 is 0 Å². The average Bonchev–Trinajstić information content (AvgIpc) is 3.20. The van der Waals surface area contributed by atoms with Gasteiger partial charge in [0.05, 0.1) is 6.04 Å². The summed E-state index contributed by atoms with van der Waals surface area (Å²) in [6, 6.07) is 13.9. The van der Waals surface area contributed by atoms with Crippen molar-refractivity contribution in [1.29, 1.82) is 0 Å². The molecule has 0 radical (unpaired) electrons. The second kappa shape index (κ2) is 21.7. The van der Waals surface area contributed by atoms with Crippen LogP contribution in [0.4, 0.5) is 0 Å². The molecule has 4 bridgehead atoms. The van der Waals surface area contributed by atoms with Gasteiger partial charge in [-0.1, -0.05) is 56.7 Å². The van der Waals surface area contributed by atoms with Crippen LogP contribution in [0.3, 0.4) is 0 Å². The van der Waals surface area contributed by atoms with Crippen molar-refractivity contribution in [2.24, 2.45) is 35.0 Å². The molecule has 2 amide bonds. The van der Waals surface area contributed by atoms with Gasteiger partial charge < -0.3 is 36.9 Å². The average molecular weight is 812 g/mol. The van der Waals surface area contributed by atoms with Crippen molar-refractivity contribution in [3.05, 3.63) is 82.4 Å². The number of aryl methyl sites for hydroxylation is 2. The number of fused-ring (bicyclic) bond motifs is 5. The van der Waals surface area contributed by atoms with E-state index in [-0.39, 0.29) is 88.7 Å². The van der Waals surface area contributed by atoms with Gasteiger partial charge in [-0.2, -0.15) is 0 Å². The first-order chi connectivity index (χ1) is 28.1. The van der Waals surface area contributed by atoms with Gasteiger partial charge in [0.25, 0.3) is 0 Å². The second-order valence-corrected chi connectivity index (χ2v) is 15.7. The van der Waals surface area contributed by atoms with Crippen molar-refractivity contribution in [3.8, 4) is 22.6 Å². The molecular weight excluding hydrogens is 751 g/mol. The molecule has 5 atom stereocenters. The molecule has 1 heterocycles. The molecule has 0 fully saturated rings. The van der Waals surface area contributed by atoms with Crippen LogP contribution < -0.4 is 32.0 Å². The minimum Gasteiger partial charge on any atom is -0.492 e. The topological polar surface area (TPSA) is 214 Å². The zero-order chi connectivity index (χ0) is 43.4. The Labute approximate surface area is 347 Å². The van der Waals surface area contributed by atoms with Crippen LogP contribution in [0.25, 0.3) is 11.1 Å². The number of ether oxygens (including phenoxy) is 2.